The molecular formula is C9H10N2S. The van der Waals surface area contributed by atoms with Gasteiger partial charge in [-0.25, -0.2) is 0 Å². The number of nitrogens with zero attached hydrogens (tertiary/aromatic N) is 1. The summed E-state index contributed by atoms with van der Waals surface area (Å²) in [5.74, 6) is 0. The molecule has 0 bridgehead atoms. The Bertz CT molecular complexity index is 291. The van der Waals surface area contributed by atoms with Crippen LogP contribution in [0.4, 0.5) is 0 Å². The lowest BCUT2D eigenvalue weighted by atomic mass is 9.98. The van der Waals surface area contributed by atoms with Gasteiger partial charge in [0.05, 0.1) is 6.07 Å². The van der Waals surface area contributed by atoms with E-state index in [-0.39, 0.29) is 5.54 Å². The van der Waals surface area contributed by atoms with E-state index >= 15 is 0 Å². The maximum Gasteiger partial charge on any atom is 0.141 e. The Morgan fingerprint density at radius 2 is 2.58 bits per heavy atom. The van der Waals surface area contributed by atoms with Crippen LogP contribution >= 0.6 is 11.3 Å². The molecule has 0 amide bonds. The molecule has 1 N–H and O–H groups in total. The summed E-state index contributed by atoms with van der Waals surface area (Å²) in [7, 11) is 0. The second-order valence-electron chi connectivity index (χ2n) is 3.02. The normalized spacial score (nSPS) is 28.6. The Kier molecular flexibility index (Phi) is 1.87. The van der Waals surface area contributed by atoms with Crippen molar-refractivity contribution in [3.8, 4) is 6.07 Å². The van der Waals surface area contributed by atoms with Crippen molar-refractivity contribution in [1.82, 2.24) is 5.32 Å². The van der Waals surface area contributed by atoms with Crippen LogP contribution in [-0.4, -0.2) is 6.54 Å². The van der Waals surface area contributed by atoms with Gasteiger partial charge in [-0.1, -0.05) is 6.07 Å². The molecule has 62 valence electrons. The van der Waals surface area contributed by atoms with Crippen LogP contribution in [0.5, 0.6) is 0 Å². The van der Waals surface area contributed by atoms with E-state index in [1.807, 2.05) is 17.5 Å². The third-order valence-corrected chi connectivity index (χ3v) is 3.32. The molecule has 1 aliphatic heterocycles. The molecule has 0 spiro atoms. The van der Waals surface area contributed by atoms with Crippen molar-refractivity contribution < 1.29 is 0 Å². The molecule has 1 saturated heterocycles. The van der Waals surface area contributed by atoms with E-state index in [0.29, 0.717) is 0 Å². The molecule has 2 nitrogen and oxygen atoms in total. The Balaban J connectivity index is 2.36. The summed E-state index contributed by atoms with van der Waals surface area (Å²) in [5.41, 5.74) is -0.367. The lowest BCUT2D eigenvalue weighted by Crippen LogP contribution is -2.33. The van der Waals surface area contributed by atoms with Gasteiger partial charge < -0.3 is 0 Å². The summed E-state index contributed by atoms with van der Waals surface area (Å²) >= 11 is 1.66. The van der Waals surface area contributed by atoms with Gasteiger partial charge in [0.2, 0.25) is 0 Å². The van der Waals surface area contributed by atoms with Crippen molar-refractivity contribution in [3.63, 3.8) is 0 Å². The fourth-order valence-corrected chi connectivity index (χ4v) is 2.51. The highest BCUT2D eigenvalue weighted by Gasteiger charge is 2.35. The van der Waals surface area contributed by atoms with Crippen molar-refractivity contribution in [2.45, 2.75) is 18.4 Å². The first-order chi connectivity index (χ1) is 5.87. The Labute approximate surface area is 75.8 Å². The summed E-state index contributed by atoms with van der Waals surface area (Å²) in [5, 5.41) is 14.4. The summed E-state index contributed by atoms with van der Waals surface area (Å²) < 4.78 is 0. The Morgan fingerprint density at radius 1 is 1.67 bits per heavy atom. The highest BCUT2D eigenvalue weighted by Crippen LogP contribution is 2.32. The smallest absolute Gasteiger partial charge is 0.141 e. The summed E-state index contributed by atoms with van der Waals surface area (Å²) in [6.45, 7) is 0.964. The molecule has 0 aliphatic carbocycles. The van der Waals surface area contributed by atoms with Crippen LogP contribution in [-0.2, 0) is 5.54 Å². The van der Waals surface area contributed by atoms with Crippen molar-refractivity contribution in [2.24, 2.45) is 0 Å². The van der Waals surface area contributed by atoms with Crippen molar-refractivity contribution in [2.75, 3.05) is 6.54 Å². The largest absolute Gasteiger partial charge is 0.295 e. The van der Waals surface area contributed by atoms with E-state index < -0.39 is 0 Å². The van der Waals surface area contributed by atoms with E-state index in [0.717, 1.165) is 24.3 Å². The predicted octanol–water partition coefficient (Wildman–Crippen LogP) is 1.85. The van der Waals surface area contributed by atoms with E-state index in [9.17, 15) is 0 Å². The van der Waals surface area contributed by atoms with Crippen LogP contribution < -0.4 is 5.32 Å². The number of hydrogen-bond acceptors (Lipinski definition) is 3. The van der Waals surface area contributed by atoms with Crippen LogP contribution in [0.2, 0.25) is 0 Å². The van der Waals surface area contributed by atoms with Crippen molar-refractivity contribution >= 4 is 11.3 Å². The molecule has 1 aliphatic rings. The van der Waals surface area contributed by atoms with Gasteiger partial charge in [0, 0.05) is 4.88 Å². The molecule has 1 fully saturated rings. The monoisotopic (exact) mass is 178 g/mol. The highest BCUT2D eigenvalue weighted by atomic mass is 32.1. The van der Waals surface area contributed by atoms with E-state index in [1.165, 1.54) is 0 Å². The van der Waals surface area contributed by atoms with Gasteiger partial charge in [0.15, 0.2) is 0 Å². The van der Waals surface area contributed by atoms with Crippen LogP contribution in [0.1, 0.15) is 17.7 Å². The molecule has 3 heteroatoms. The van der Waals surface area contributed by atoms with Gasteiger partial charge in [-0.15, -0.1) is 11.3 Å². The molecule has 2 heterocycles. The zero-order valence-electron chi connectivity index (χ0n) is 6.71. The third-order valence-electron chi connectivity index (χ3n) is 2.29. The standard InChI is InChI=1S/C9H10N2S/c10-7-9(4-2-5-11-9)8-3-1-6-12-8/h1,3,6,11H,2,4-5H2. The lowest BCUT2D eigenvalue weighted by molar-refractivity contribution is 0.520. The molecule has 0 saturated carbocycles. The van der Waals surface area contributed by atoms with Crippen LogP contribution in [0, 0.1) is 11.3 Å². The molecule has 1 aromatic heterocycles. The number of hydrogen-bond donors (Lipinski definition) is 1. The second-order valence-corrected chi connectivity index (χ2v) is 3.97. The van der Waals surface area contributed by atoms with Gasteiger partial charge in [0.1, 0.15) is 5.54 Å². The minimum Gasteiger partial charge on any atom is -0.295 e. The number of thiophene rings is 1. The Morgan fingerprint density at radius 3 is 3.08 bits per heavy atom. The first-order valence-electron chi connectivity index (χ1n) is 4.08. The maximum atomic E-state index is 9.08. The summed E-state index contributed by atoms with van der Waals surface area (Å²) in [6.07, 6.45) is 2.05. The molecule has 1 atom stereocenters. The number of nitriles is 1. The maximum absolute atomic E-state index is 9.08. The van der Waals surface area contributed by atoms with Gasteiger partial charge in [-0.2, -0.15) is 5.26 Å². The molecular weight excluding hydrogens is 168 g/mol. The molecule has 1 aromatic rings. The fraction of sp³-hybridized carbons (Fsp3) is 0.444. The minimum absolute atomic E-state index is 0.367. The first kappa shape index (κ1) is 7.78. The molecule has 0 aromatic carbocycles. The van der Waals surface area contributed by atoms with Crippen LogP contribution in [0.25, 0.3) is 0 Å². The zero-order chi connectivity index (χ0) is 8.44. The average molecular weight is 178 g/mol. The van der Waals surface area contributed by atoms with Gasteiger partial charge >= 0.3 is 0 Å². The van der Waals surface area contributed by atoms with E-state index in [2.05, 4.69) is 11.4 Å². The summed E-state index contributed by atoms with van der Waals surface area (Å²) in [6, 6.07) is 6.41. The van der Waals surface area contributed by atoms with Gasteiger partial charge in [0.25, 0.3) is 0 Å². The molecule has 12 heavy (non-hydrogen) atoms. The molecule has 1 unspecified atom stereocenters. The summed E-state index contributed by atoms with van der Waals surface area (Å²) in [4.78, 5) is 1.16. The van der Waals surface area contributed by atoms with E-state index in [4.69, 9.17) is 5.26 Å². The van der Waals surface area contributed by atoms with Crippen molar-refractivity contribution in [1.29, 1.82) is 5.26 Å². The second kappa shape index (κ2) is 2.89. The minimum atomic E-state index is -0.367. The lowest BCUT2D eigenvalue weighted by Gasteiger charge is -2.18. The number of rotatable bonds is 1. The van der Waals surface area contributed by atoms with Crippen LogP contribution in [0.3, 0.4) is 0 Å². The predicted molar refractivity (Wildman–Crippen MR) is 48.8 cm³/mol. The highest BCUT2D eigenvalue weighted by molar-refractivity contribution is 7.10. The molecule has 2 rings (SSSR count). The van der Waals surface area contributed by atoms with Gasteiger partial charge in [-0.05, 0) is 30.8 Å². The third kappa shape index (κ3) is 1.04. The quantitative estimate of drug-likeness (QED) is 0.712. The Hall–Kier alpha value is -0.850. The molecule has 0 radical (unpaired) electrons. The van der Waals surface area contributed by atoms with Crippen LogP contribution in [0.15, 0.2) is 17.5 Å². The van der Waals surface area contributed by atoms with Gasteiger partial charge in [-0.3, -0.25) is 5.32 Å². The van der Waals surface area contributed by atoms with E-state index in [1.54, 1.807) is 11.3 Å². The average Bonchev–Trinajstić information content (AvgIpc) is 2.76. The number of nitrogens with one attached hydrogen (secondary N) is 1. The van der Waals surface area contributed by atoms with Crippen molar-refractivity contribution in [3.05, 3.63) is 22.4 Å². The first-order valence-corrected chi connectivity index (χ1v) is 4.96. The zero-order valence-corrected chi connectivity index (χ0v) is 7.53. The topological polar surface area (TPSA) is 35.8 Å². The SMILES string of the molecule is N#CC1(c2cccs2)CCCN1. The fourth-order valence-electron chi connectivity index (χ4n) is 1.63.